The van der Waals surface area contributed by atoms with Crippen LogP contribution in [0.2, 0.25) is 0 Å². The molecule has 0 aliphatic carbocycles. The molecular formula is C23H22N6O6S3. The van der Waals surface area contributed by atoms with Crippen molar-refractivity contribution in [1.82, 2.24) is 9.78 Å². The predicted molar refractivity (Wildman–Crippen MR) is 143 cm³/mol. The maximum atomic E-state index is 11.8. The fraction of sp³-hybridized carbons (Fsp3) is 0.0435. The lowest BCUT2D eigenvalue weighted by molar-refractivity contribution is 0.596. The van der Waals surface area contributed by atoms with Crippen molar-refractivity contribution in [3.8, 4) is 16.9 Å². The van der Waals surface area contributed by atoms with Gasteiger partial charge in [-0.25, -0.2) is 40.2 Å². The summed E-state index contributed by atoms with van der Waals surface area (Å²) in [5.74, 6) is 0. The minimum Gasteiger partial charge on any atom is -0.279 e. The van der Waals surface area contributed by atoms with Gasteiger partial charge in [-0.3, -0.25) is 5.43 Å². The Balaban J connectivity index is 1.69. The first kappa shape index (κ1) is 27.2. The van der Waals surface area contributed by atoms with Crippen LogP contribution in [0.3, 0.4) is 0 Å². The van der Waals surface area contributed by atoms with E-state index in [0.717, 1.165) is 6.26 Å². The zero-order valence-electron chi connectivity index (χ0n) is 19.8. The molecular weight excluding hydrogens is 552 g/mol. The van der Waals surface area contributed by atoms with E-state index in [0.29, 0.717) is 28.2 Å². The average Bonchev–Trinajstić information content (AvgIpc) is 3.27. The molecule has 198 valence electrons. The Labute approximate surface area is 219 Å². The summed E-state index contributed by atoms with van der Waals surface area (Å²) in [6.07, 6.45) is 4.25. The summed E-state index contributed by atoms with van der Waals surface area (Å²) in [6, 6.07) is 17.6. The van der Waals surface area contributed by atoms with Gasteiger partial charge in [-0.1, -0.05) is 12.1 Å². The summed E-state index contributed by atoms with van der Waals surface area (Å²) in [5.41, 5.74) is 5.45. The van der Waals surface area contributed by atoms with Gasteiger partial charge >= 0.3 is 0 Å². The van der Waals surface area contributed by atoms with Crippen LogP contribution in [0, 0.1) is 0 Å². The van der Waals surface area contributed by atoms with Crippen LogP contribution in [0.4, 0.5) is 5.69 Å². The van der Waals surface area contributed by atoms with Gasteiger partial charge in [-0.15, -0.1) is 0 Å². The van der Waals surface area contributed by atoms with Gasteiger partial charge in [0.05, 0.1) is 32.3 Å². The zero-order chi connectivity index (χ0) is 27.7. The second kappa shape index (κ2) is 10.1. The van der Waals surface area contributed by atoms with E-state index in [1.54, 1.807) is 18.3 Å². The van der Waals surface area contributed by atoms with Crippen LogP contribution in [0.5, 0.6) is 0 Å². The molecule has 0 atom stereocenters. The second-order valence-electron chi connectivity index (χ2n) is 8.15. The lowest BCUT2D eigenvalue weighted by Crippen LogP contribution is -2.12. The molecule has 0 unspecified atom stereocenters. The summed E-state index contributed by atoms with van der Waals surface area (Å²) in [4.78, 5) is 0.0603. The molecule has 0 saturated carbocycles. The van der Waals surface area contributed by atoms with Gasteiger partial charge in [0.1, 0.15) is 5.69 Å². The molecule has 5 N–H and O–H groups in total. The highest BCUT2D eigenvalue weighted by Crippen LogP contribution is 2.25. The van der Waals surface area contributed by atoms with Gasteiger partial charge in [-0.2, -0.15) is 10.2 Å². The number of hydrazone groups is 1. The van der Waals surface area contributed by atoms with Crippen LogP contribution in [0.1, 0.15) is 5.56 Å². The molecule has 1 aromatic heterocycles. The number of hydrogen-bond acceptors (Lipinski definition) is 9. The lowest BCUT2D eigenvalue weighted by atomic mass is 10.1. The number of nitrogens with zero attached hydrogens (tertiary/aromatic N) is 3. The summed E-state index contributed by atoms with van der Waals surface area (Å²) >= 11 is 0. The third-order valence-corrected chi connectivity index (χ3v) is 8.30. The Morgan fingerprint density at radius 3 is 1.76 bits per heavy atom. The highest BCUT2D eigenvalue weighted by Gasteiger charge is 2.14. The van der Waals surface area contributed by atoms with Gasteiger partial charge in [0, 0.05) is 23.6 Å². The number of anilines is 1. The van der Waals surface area contributed by atoms with Crippen molar-refractivity contribution in [1.29, 1.82) is 0 Å². The molecule has 0 bridgehead atoms. The first-order valence-corrected chi connectivity index (χ1v) is 15.7. The molecule has 0 aliphatic heterocycles. The number of benzene rings is 3. The Kier molecular flexibility index (Phi) is 7.22. The lowest BCUT2D eigenvalue weighted by Gasteiger charge is -2.04. The molecule has 38 heavy (non-hydrogen) atoms. The van der Waals surface area contributed by atoms with Crippen molar-refractivity contribution >= 4 is 41.8 Å². The van der Waals surface area contributed by atoms with Crippen molar-refractivity contribution in [2.24, 2.45) is 15.4 Å². The summed E-state index contributed by atoms with van der Waals surface area (Å²) < 4.78 is 71.2. The topological polar surface area (TPSA) is 197 Å². The van der Waals surface area contributed by atoms with Crippen LogP contribution in [0.15, 0.2) is 98.8 Å². The molecule has 4 rings (SSSR count). The smallest absolute Gasteiger partial charge is 0.238 e. The van der Waals surface area contributed by atoms with E-state index in [2.05, 4.69) is 15.6 Å². The molecule has 12 nitrogen and oxygen atoms in total. The number of sulfone groups is 1. The van der Waals surface area contributed by atoms with E-state index in [1.807, 2.05) is 0 Å². The Morgan fingerprint density at radius 1 is 0.763 bits per heavy atom. The molecule has 0 spiro atoms. The van der Waals surface area contributed by atoms with Gasteiger partial charge < -0.3 is 0 Å². The Morgan fingerprint density at radius 2 is 1.26 bits per heavy atom. The number of sulfonamides is 2. The van der Waals surface area contributed by atoms with Crippen LogP contribution >= 0.6 is 0 Å². The number of aromatic nitrogens is 2. The molecule has 4 aromatic rings. The van der Waals surface area contributed by atoms with E-state index in [1.165, 1.54) is 71.6 Å². The fourth-order valence-corrected chi connectivity index (χ4v) is 5.04. The minimum atomic E-state index is -3.86. The van der Waals surface area contributed by atoms with Crippen molar-refractivity contribution in [3.05, 3.63) is 84.6 Å². The first-order chi connectivity index (χ1) is 17.7. The quantitative estimate of drug-likeness (QED) is 0.209. The highest BCUT2D eigenvalue weighted by molar-refractivity contribution is 7.90. The summed E-state index contributed by atoms with van der Waals surface area (Å²) in [7, 11) is -11.1. The van der Waals surface area contributed by atoms with Crippen molar-refractivity contribution in [3.63, 3.8) is 0 Å². The fourth-order valence-electron chi connectivity index (χ4n) is 3.38. The van der Waals surface area contributed by atoms with E-state index in [-0.39, 0.29) is 14.7 Å². The van der Waals surface area contributed by atoms with Crippen LogP contribution in [-0.2, 0) is 29.9 Å². The largest absolute Gasteiger partial charge is 0.279 e. The molecule has 0 aliphatic rings. The van der Waals surface area contributed by atoms with E-state index in [9.17, 15) is 25.3 Å². The van der Waals surface area contributed by atoms with Gasteiger partial charge in [0.15, 0.2) is 9.84 Å². The van der Waals surface area contributed by atoms with Crippen LogP contribution < -0.4 is 15.7 Å². The third-order valence-electron chi connectivity index (χ3n) is 5.31. The van der Waals surface area contributed by atoms with Gasteiger partial charge in [-0.05, 0) is 60.7 Å². The van der Waals surface area contributed by atoms with E-state index in [4.69, 9.17) is 10.3 Å². The third kappa shape index (κ3) is 6.32. The standard InChI is InChI=1S/C23H22N6O6S3/c1-36(30,31)20-8-2-16(3-9-20)23-17(14-26-27-18-4-10-21(11-5-18)37(24,32)33)15-29(28-23)19-6-12-22(13-7-19)38(25,34)35/h2-15,27H,1H3,(H2,24,32,33)(H2,25,34,35)/b26-14-. The van der Waals surface area contributed by atoms with Gasteiger partial charge in [0.25, 0.3) is 0 Å². The number of rotatable bonds is 8. The number of nitrogens with two attached hydrogens (primary N) is 2. The number of hydrogen-bond donors (Lipinski definition) is 3. The molecule has 15 heteroatoms. The molecule has 0 fully saturated rings. The SMILES string of the molecule is CS(=O)(=O)c1ccc(-c2nn(-c3ccc(S(N)(=O)=O)cc3)cc2/C=N\Nc2ccc(S(N)(=O)=O)cc2)cc1. The first-order valence-electron chi connectivity index (χ1n) is 10.7. The molecule has 3 aromatic carbocycles. The molecule has 0 radical (unpaired) electrons. The Hall–Kier alpha value is -3.89. The average molecular weight is 575 g/mol. The maximum Gasteiger partial charge on any atom is 0.238 e. The normalized spacial score (nSPS) is 12.6. The Bertz CT molecular complexity index is 1830. The maximum absolute atomic E-state index is 11.8. The van der Waals surface area contributed by atoms with E-state index >= 15 is 0 Å². The van der Waals surface area contributed by atoms with E-state index < -0.39 is 29.9 Å². The van der Waals surface area contributed by atoms with Crippen LogP contribution in [0.25, 0.3) is 16.9 Å². The highest BCUT2D eigenvalue weighted by atomic mass is 32.2. The summed E-state index contributed by atoms with van der Waals surface area (Å²) in [6.45, 7) is 0. The minimum absolute atomic E-state index is 0.0402. The predicted octanol–water partition coefficient (Wildman–Crippen LogP) is 1.68. The van der Waals surface area contributed by atoms with Crippen LogP contribution in [-0.4, -0.2) is 47.5 Å². The monoisotopic (exact) mass is 574 g/mol. The van der Waals surface area contributed by atoms with Crippen molar-refractivity contribution < 1.29 is 25.3 Å². The van der Waals surface area contributed by atoms with Gasteiger partial charge in [0.2, 0.25) is 20.0 Å². The molecule has 0 amide bonds. The molecule has 1 heterocycles. The van der Waals surface area contributed by atoms with Crippen molar-refractivity contribution in [2.45, 2.75) is 14.7 Å². The number of nitrogens with one attached hydrogen (secondary N) is 1. The zero-order valence-corrected chi connectivity index (χ0v) is 22.2. The summed E-state index contributed by atoms with van der Waals surface area (Å²) in [5, 5.41) is 19.1. The number of primary sulfonamides is 2. The molecule has 0 saturated heterocycles. The second-order valence-corrected chi connectivity index (χ2v) is 13.3. The van der Waals surface area contributed by atoms with Crippen molar-refractivity contribution in [2.75, 3.05) is 11.7 Å².